The molecule has 0 radical (unpaired) electrons. The van der Waals surface area contributed by atoms with E-state index in [1.54, 1.807) is 12.1 Å². The number of hydrogen-bond acceptors (Lipinski definition) is 3. The highest BCUT2D eigenvalue weighted by molar-refractivity contribution is 5.83. The number of rotatable bonds is 2. The molecule has 0 atom stereocenters. The van der Waals surface area contributed by atoms with Crippen LogP contribution in [0, 0.1) is 0 Å². The smallest absolute Gasteiger partial charge is 0.115 e. The summed E-state index contributed by atoms with van der Waals surface area (Å²) in [5.74, 6) is 0.255. The second kappa shape index (κ2) is 6.54. The van der Waals surface area contributed by atoms with Crippen molar-refractivity contribution in [1.29, 1.82) is 0 Å². The lowest BCUT2D eigenvalue weighted by molar-refractivity contribution is 0.475. The molecule has 0 saturated heterocycles. The van der Waals surface area contributed by atoms with Crippen molar-refractivity contribution in [2.75, 3.05) is 5.73 Å². The van der Waals surface area contributed by atoms with Gasteiger partial charge in [-0.1, -0.05) is 36.4 Å². The largest absolute Gasteiger partial charge is 0.508 e. The highest BCUT2D eigenvalue weighted by Crippen LogP contribution is 2.40. The molecule has 136 valence electrons. The lowest BCUT2D eigenvalue weighted by atomic mass is 9.84. The maximum atomic E-state index is 9.65. The molecule has 0 amide bonds. The van der Waals surface area contributed by atoms with Crippen LogP contribution in [0.4, 0.5) is 5.69 Å². The van der Waals surface area contributed by atoms with Crippen LogP contribution < -0.4 is 5.73 Å². The van der Waals surface area contributed by atoms with Gasteiger partial charge in [-0.3, -0.25) is 0 Å². The molecular formula is C25H20N2O. The quantitative estimate of drug-likeness (QED) is 0.464. The van der Waals surface area contributed by atoms with Crippen LogP contribution in [0.2, 0.25) is 0 Å². The van der Waals surface area contributed by atoms with Gasteiger partial charge in [0, 0.05) is 16.8 Å². The van der Waals surface area contributed by atoms with Crippen LogP contribution in [0.15, 0.2) is 78.9 Å². The van der Waals surface area contributed by atoms with Gasteiger partial charge in [0.15, 0.2) is 0 Å². The molecule has 0 saturated carbocycles. The number of aryl methyl sites for hydroxylation is 1. The Morgan fingerprint density at radius 2 is 1.54 bits per heavy atom. The van der Waals surface area contributed by atoms with E-state index in [1.165, 1.54) is 22.3 Å². The minimum Gasteiger partial charge on any atom is -0.508 e. The first kappa shape index (κ1) is 16.6. The maximum Gasteiger partial charge on any atom is 0.115 e. The SMILES string of the molecule is Nc1ccc2c(c1)CCc1c(-c3ccccc3)cc(-c3ccc(O)cc3)nc1-2. The van der Waals surface area contributed by atoms with Gasteiger partial charge in [-0.25, -0.2) is 4.98 Å². The van der Waals surface area contributed by atoms with E-state index in [1.807, 2.05) is 24.3 Å². The fraction of sp³-hybridized carbons (Fsp3) is 0.0800. The summed E-state index contributed by atoms with van der Waals surface area (Å²) in [6.45, 7) is 0. The van der Waals surface area contributed by atoms with Crippen LogP contribution in [-0.4, -0.2) is 10.1 Å². The molecule has 1 aromatic heterocycles. The van der Waals surface area contributed by atoms with E-state index in [0.29, 0.717) is 0 Å². The van der Waals surface area contributed by atoms with Crippen LogP contribution in [0.3, 0.4) is 0 Å². The summed E-state index contributed by atoms with van der Waals surface area (Å²) in [7, 11) is 0. The molecule has 0 fully saturated rings. The summed E-state index contributed by atoms with van der Waals surface area (Å²) in [4.78, 5) is 5.05. The van der Waals surface area contributed by atoms with Crippen molar-refractivity contribution in [2.45, 2.75) is 12.8 Å². The van der Waals surface area contributed by atoms with Crippen LogP contribution in [0.1, 0.15) is 11.1 Å². The molecule has 3 N–H and O–H groups in total. The van der Waals surface area contributed by atoms with E-state index in [9.17, 15) is 5.11 Å². The minimum atomic E-state index is 0.255. The van der Waals surface area contributed by atoms with Gasteiger partial charge in [-0.15, -0.1) is 0 Å². The second-order valence-electron chi connectivity index (χ2n) is 7.21. The number of anilines is 1. The number of nitrogen functional groups attached to an aromatic ring is 1. The molecule has 0 bridgehead atoms. The Balaban J connectivity index is 1.78. The molecule has 4 aromatic rings. The van der Waals surface area contributed by atoms with Gasteiger partial charge in [-0.05, 0) is 77.6 Å². The van der Waals surface area contributed by atoms with Crippen LogP contribution in [-0.2, 0) is 12.8 Å². The fourth-order valence-electron chi connectivity index (χ4n) is 4.01. The number of fused-ring (bicyclic) bond motifs is 3. The normalized spacial score (nSPS) is 12.3. The average Bonchev–Trinajstić information content (AvgIpc) is 2.73. The Morgan fingerprint density at radius 3 is 2.32 bits per heavy atom. The number of pyridine rings is 1. The lowest BCUT2D eigenvalue weighted by Crippen LogP contribution is -2.09. The van der Waals surface area contributed by atoms with Crippen LogP contribution in [0.5, 0.6) is 5.75 Å². The topological polar surface area (TPSA) is 59.1 Å². The summed E-state index contributed by atoms with van der Waals surface area (Å²) < 4.78 is 0. The van der Waals surface area contributed by atoms with E-state index in [2.05, 4.69) is 42.5 Å². The molecule has 0 spiro atoms. The number of benzene rings is 3. The number of aromatic hydroxyl groups is 1. The Bertz CT molecular complexity index is 1170. The highest BCUT2D eigenvalue weighted by atomic mass is 16.3. The first-order valence-corrected chi connectivity index (χ1v) is 9.46. The lowest BCUT2D eigenvalue weighted by Gasteiger charge is -2.23. The van der Waals surface area contributed by atoms with Crippen molar-refractivity contribution in [3.8, 4) is 39.4 Å². The summed E-state index contributed by atoms with van der Waals surface area (Å²) in [6.07, 6.45) is 1.91. The van der Waals surface area contributed by atoms with Crippen LogP contribution >= 0.6 is 0 Å². The Labute approximate surface area is 164 Å². The number of nitrogens with two attached hydrogens (primary N) is 1. The molecule has 28 heavy (non-hydrogen) atoms. The second-order valence-corrected chi connectivity index (χ2v) is 7.21. The van der Waals surface area contributed by atoms with Crippen molar-refractivity contribution in [3.05, 3.63) is 90.0 Å². The van der Waals surface area contributed by atoms with E-state index < -0.39 is 0 Å². The molecule has 0 unspecified atom stereocenters. The monoisotopic (exact) mass is 364 g/mol. The molecule has 1 heterocycles. The number of hydrogen-bond donors (Lipinski definition) is 2. The van der Waals surface area contributed by atoms with E-state index in [4.69, 9.17) is 10.7 Å². The van der Waals surface area contributed by atoms with Crippen molar-refractivity contribution in [3.63, 3.8) is 0 Å². The van der Waals surface area contributed by atoms with Gasteiger partial charge in [0.25, 0.3) is 0 Å². The van der Waals surface area contributed by atoms with E-state index in [0.717, 1.165) is 41.0 Å². The third kappa shape index (κ3) is 2.81. The fourth-order valence-corrected chi connectivity index (χ4v) is 4.01. The third-order valence-corrected chi connectivity index (χ3v) is 5.40. The average molecular weight is 364 g/mol. The van der Waals surface area contributed by atoms with Crippen molar-refractivity contribution < 1.29 is 5.11 Å². The van der Waals surface area contributed by atoms with Crippen LogP contribution in [0.25, 0.3) is 33.6 Å². The number of nitrogens with zero attached hydrogens (tertiary/aromatic N) is 1. The van der Waals surface area contributed by atoms with E-state index in [-0.39, 0.29) is 5.75 Å². The van der Waals surface area contributed by atoms with Gasteiger partial charge in [0.2, 0.25) is 0 Å². The highest BCUT2D eigenvalue weighted by Gasteiger charge is 2.22. The molecule has 1 aliphatic carbocycles. The zero-order valence-electron chi connectivity index (χ0n) is 15.4. The first-order valence-electron chi connectivity index (χ1n) is 9.46. The number of aromatic nitrogens is 1. The Hall–Kier alpha value is -3.59. The molecule has 1 aliphatic rings. The predicted octanol–water partition coefficient (Wildman–Crippen LogP) is 5.47. The van der Waals surface area contributed by atoms with Gasteiger partial charge in [0.05, 0.1) is 11.4 Å². The molecule has 3 aromatic carbocycles. The summed E-state index contributed by atoms with van der Waals surface area (Å²) in [5, 5.41) is 9.65. The van der Waals surface area contributed by atoms with E-state index >= 15 is 0 Å². The first-order chi connectivity index (χ1) is 13.7. The zero-order valence-corrected chi connectivity index (χ0v) is 15.4. The van der Waals surface area contributed by atoms with Gasteiger partial charge < -0.3 is 10.8 Å². The number of phenols is 1. The predicted molar refractivity (Wildman–Crippen MR) is 114 cm³/mol. The maximum absolute atomic E-state index is 9.65. The Morgan fingerprint density at radius 1 is 0.750 bits per heavy atom. The molecule has 3 heteroatoms. The standard InChI is InChI=1S/C25H20N2O/c26-19-9-13-21-18(14-19)8-12-22-23(16-4-2-1-3-5-16)15-24(27-25(21)22)17-6-10-20(28)11-7-17/h1-7,9-11,13-15,28H,8,12,26H2. The van der Waals surface area contributed by atoms with Gasteiger partial charge >= 0.3 is 0 Å². The molecular weight excluding hydrogens is 344 g/mol. The van der Waals surface area contributed by atoms with Crippen molar-refractivity contribution in [1.82, 2.24) is 4.98 Å². The van der Waals surface area contributed by atoms with Crippen molar-refractivity contribution >= 4 is 5.69 Å². The molecule has 3 nitrogen and oxygen atoms in total. The zero-order chi connectivity index (χ0) is 19.1. The summed E-state index contributed by atoms with van der Waals surface area (Å²) >= 11 is 0. The summed E-state index contributed by atoms with van der Waals surface area (Å²) in [5.41, 5.74) is 15.8. The third-order valence-electron chi connectivity index (χ3n) is 5.40. The molecule has 5 rings (SSSR count). The van der Waals surface area contributed by atoms with Gasteiger partial charge in [-0.2, -0.15) is 0 Å². The Kier molecular flexibility index (Phi) is 3.87. The van der Waals surface area contributed by atoms with Crippen molar-refractivity contribution in [2.24, 2.45) is 0 Å². The number of phenolic OH excluding ortho intramolecular Hbond substituents is 1. The van der Waals surface area contributed by atoms with Gasteiger partial charge in [0.1, 0.15) is 5.75 Å². The summed E-state index contributed by atoms with van der Waals surface area (Å²) in [6, 6.07) is 26.0. The minimum absolute atomic E-state index is 0.255. The molecule has 0 aliphatic heterocycles.